The number of rotatable bonds is 2. The van der Waals surface area contributed by atoms with Crippen molar-refractivity contribution in [3.63, 3.8) is 0 Å². The van der Waals surface area contributed by atoms with Gasteiger partial charge >= 0.3 is 0 Å². The summed E-state index contributed by atoms with van der Waals surface area (Å²) in [5.41, 5.74) is 5.29. The minimum Gasteiger partial charge on any atom is -0.333 e. The van der Waals surface area contributed by atoms with Crippen molar-refractivity contribution in [1.82, 2.24) is 0 Å². The molecule has 4 nitrogen and oxygen atoms in total. The third-order valence-electron chi connectivity index (χ3n) is 1.18. The number of nitrogens with two attached hydrogens (primary N) is 1. The molecule has 1 heterocycles. The van der Waals surface area contributed by atoms with Gasteiger partial charge < -0.3 is 19.9 Å². The van der Waals surface area contributed by atoms with E-state index in [9.17, 15) is 0 Å². The number of ether oxygens (including phenoxy) is 3. The van der Waals surface area contributed by atoms with Crippen molar-refractivity contribution in [3.05, 3.63) is 0 Å². The second kappa shape index (κ2) is 3.12. The summed E-state index contributed by atoms with van der Waals surface area (Å²) >= 11 is 0. The Labute approximate surface area is 53.9 Å². The van der Waals surface area contributed by atoms with Gasteiger partial charge in [0.25, 0.3) is 6.48 Å². The van der Waals surface area contributed by atoms with E-state index >= 15 is 0 Å². The predicted molar refractivity (Wildman–Crippen MR) is 30.7 cm³/mol. The highest BCUT2D eigenvalue weighted by molar-refractivity contribution is 4.60. The summed E-state index contributed by atoms with van der Waals surface area (Å²) in [6.45, 7) is 0.521. The van der Waals surface area contributed by atoms with Crippen molar-refractivity contribution >= 4 is 0 Å². The van der Waals surface area contributed by atoms with Gasteiger partial charge in [-0.2, -0.15) is 0 Å². The van der Waals surface area contributed by atoms with E-state index in [4.69, 9.17) is 19.9 Å². The Morgan fingerprint density at radius 2 is 2.56 bits per heavy atom. The minimum atomic E-state index is -0.501. The average Bonchev–Trinajstić information content (AvgIpc) is 2.34. The van der Waals surface area contributed by atoms with Crippen LogP contribution in [-0.4, -0.2) is 32.8 Å². The Hall–Kier alpha value is -0.160. The van der Waals surface area contributed by atoms with E-state index in [-0.39, 0.29) is 6.10 Å². The first-order chi connectivity index (χ1) is 4.36. The van der Waals surface area contributed by atoms with E-state index in [2.05, 4.69) is 0 Å². The van der Waals surface area contributed by atoms with E-state index in [1.165, 1.54) is 7.11 Å². The molecule has 0 saturated carbocycles. The quantitative estimate of drug-likeness (QED) is 0.540. The lowest BCUT2D eigenvalue weighted by Gasteiger charge is -2.06. The topological polar surface area (TPSA) is 53.7 Å². The van der Waals surface area contributed by atoms with Gasteiger partial charge in [0.15, 0.2) is 0 Å². The molecular weight excluding hydrogens is 122 g/mol. The molecule has 1 saturated heterocycles. The van der Waals surface area contributed by atoms with Gasteiger partial charge in [-0.05, 0) is 0 Å². The van der Waals surface area contributed by atoms with Crippen molar-refractivity contribution in [3.8, 4) is 0 Å². The Bertz CT molecular complexity index is 78.3. The lowest BCUT2D eigenvalue weighted by molar-refractivity contribution is -0.221. The fourth-order valence-corrected chi connectivity index (χ4v) is 0.669. The Morgan fingerprint density at radius 1 is 1.78 bits per heavy atom. The SMILES string of the molecule is COC1OCC(CN)O1. The van der Waals surface area contributed by atoms with Crippen LogP contribution in [0, 0.1) is 0 Å². The van der Waals surface area contributed by atoms with Crippen LogP contribution in [0.2, 0.25) is 0 Å². The minimum absolute atomic E-state index is 0.00921. The molecule has 1 rings (SSSR count). The molecule has 1 aliphatic rings. The molecule has 54 valence electrons. The molecule has 0 radical (unpaired) electrons. The van der Waals surface area contributed by atoms with Crippen molar-refractivity contribution < 1.29 is 14.2 Å². The van der Waals surface area contributed by atoms with Gasteiger partial charge in [0.05, 0.1) is 12.7 Å². The Balaban J connectivity index is 2.20. The van der Waals surface area contributed by atoms with Crippen molar-refractivity contribution in [1.29, 1.82) is 0 Å². The van der Waals surface area contributed by atoms with E-state index in [0.717, 1.165) is 0 Å². The monoisotopic (exact) mass is 133 g/mol. The zero-order valence-electron chi connectivity index (χ0n) is 5.37. The highest BCUT2D eigenvalue weighted by atomic mass is 16.9. The van der Waals surface area contributed by atoms with Crippen LogP contribution in [-0.2, 0) is 14.2 Å². The van der Waals surface area contributed by atoms with Gasteiger partial charge in [-0.1, -0.05) is 0 Å². The van der Waals surface area contributed by atoms with Gasteiger partial charge in [-0.3, -0.25) is 0 Å². The molecule has 0 aromatic carbocycles. The summed E-state index contributed by atoms with van der Waals surface area (Å²) in [5, 5.41) is 0. The van der Waals surface area contributed by atoms with E-state index in [1.807, 2.05) is 0 Å². The van der Waals surface area contributed by atoms with Crippen LogP contribution < -0.4 is 5.73 Å². The van der Waals surface area contributed by atoms with Crippen LogP contribution in [0.3, 0.4) is 0 Å². The smallest absolute Gasteiger partial charge is 0.271 e. The van der Waals surface area contributed by atoms with Crippen molar-refractivity contribution in [2.75, 3.05) is 20.3 Å². The molecule has 0 aliphatic carbocycles. The Morgan fingerprint density at radius 3 is 2.89 bits per heavy atom. The summed E-state index contributed by atoms with van der Waals surface area (Å²) in [6.07, 6.45) is 0.00921. The van der Waals surface area contributed by atoms with Crippen molar-refractivity contribution in [2.24, 2.45) is 5.73 Å². The summed E-state index contributed by atoms with van der Waals surface area (Å²) in [4.78, 5) is 0. The van der Waals surface area contributed by atoms with Crippen LogP contribution in [0.4, 0.5) is 0 Å². The number of methoxy groups -OCH3 is 1. The third-order valence-corrected chi connectivity index (χ3v) is 1.18. The van der Waals surface area contributed by atoms with Crippen LogP contribution in [0.1, 0.15) is 0 Å². The molecule has 0 aromatic heterocycles. The molecule has 2 unspecified atom stereocenters. The van der Waals surface area contributed by atoms with Crippen LogP contribution in [0.15, 0.2) is 0 Å². The molecule has 0 bridgehead atoms. The van der Waals surface area contributed by atoms with E-state index < -0.39 is 6.48 Å². The third kappa shape index (κ3) is 1.62. The molecule has 0 amide bonds. The standard InChI is InChI=1S/C5H11NO3/c1-7-5-8-3-4(2-6)9-5/h4-5H,2-3,6H2,1H3. The molecule has 4 heteroatoms. The molecule has 2 atom stereocenters. The van der Waals surface area contributed by atoms with Gasteiger partial charge in [-0.15, -0.1) is 0 Å². The fraction of sp³-hybridized carbons (Fsp3) is 1.00. The predicted octanol–water partition coefficient (Wildman–Crippen LogP) is -0.710. The first kappa shape index (κ1) is 6.95. The summed E-state index contributed by atoms with van der Waals surface area (Å²) in [5.74, 6) is 0. The summed E-state index contributed by atoms with van der Waals surface area (Å²) in [6, 6.07) is 0. The lowest BCUT2D eigenvalue weighted by atomic mass is 10.4. The van der Waals surface area contributed by atoms with E-state index in [0.29, 0.717) is 13.2 Å². The first-order valence-corrected chi connectivity index (χ1v) is 2.86. The molecule has 0 spiro atoms. The lowest BCUT2D eigenvalue weighted by Crippen LogP contribution is -2.22. The van der Waals surface area contributed by atoms with Crippen LogP contribution in [0.25, 0.3) is 0 Å². The zero-order valence-corrected chi connectivity index (χ0v) is 5.37. The van der Waals surface area contributed by atoms with Crippen LogP contribution in [0.5, 0.6) is 0 Å². The molecule has 2 N–H and O–H groups in total. The van der Waals surface area contributed by atoms with Gasteiger partial charge in [0.2, 0.25) is 0 Å². The number of hydrogen-bond acceptors (Lipinski definition) is 4. The highest BCUT2D eigenvalue weighted by Crippen LogP contribution is 2.09. The largest absolute Gasteiger partial charge is 0.333 e. The maximum atomic E-state index is 5.29. The average molecular weight is 133 g/mol. The molecule has 0 aromatic rings. The number of hydrogen-bond donors (Lipinski definition) is 1. The second-order valence-electron chi connectivity index (χ2n) is 1.85. The fourth-order valence-electron chi connectivity index (χ4n) is 0.669. The summed E-state index contributed by atoms with van der Waals surface area (Å²) < 4.78 is 14.8. The maximum absolute atomic E-state index is 5.29. The molecule has 9 heavy (non-hydrogen) atoms. The molecule has 1 fully saturated rings. The normalized spacial score (nSPS) is 35.3. The maximum Gasteiger partial charge on any atom is 0.271 e. The van der Waals surface area contributed by atoms with Gasteiger partial charge in [-0.25, -0.2) is 0 Å². The molecular formula is C5H11NO3. The van der Waals surface area contributed by atoms with Crippen molar-refractivity contribution in [2.45, 2.75) is 12.6 Å². The van der Waals surface area contributed by atoms with Gasteiger partial charge in [0, 0.05) is 13.7 Å². The summed E-state index contributed by atoms with van der Waals surface area (Å²) in [7, 11) is 1.53. The van der Waals surface area contributed by atoms with Gasteiger partial charge in [0.1, 0.15) is 0 Å². The zero-order chi connectivity index (χ0) is 6.69. The Kier molecular flexibility index (Phi) is 2.41. The highest BCUT2D eigenvalue weighted by Gasteiger charge is 2.23. The second-order valence-corrected chi connectivity index (χ2v) is 1.85. The van der Waals surface area contributed by atoms with E-state index in [1.54, 1.807) is 0 Å². The van der Waals surface area contributed by atoms with Crippen LogP contribution >= 0.6 is 0 Å². The molecule has 1 aliphatic heterocycles. The first-order valence-electron chi connectivity index (χ1n) is 2.86.